The number of halogens is 1. The van der Waals surface area contributed by atoms with E-state index < -0.39 is 4.92 Å². The Hall–Kier alpha value is -1.13. The van der Waals surface area contributed by atoms with Crippen molar-refractivity contribution in [3.8, 4) is 0 Å². The predicted octanol–water partition coefficient (Wildman–Crippen LogP) is 2.02. The third-order valence-electron chi connectivity index (χ3n) is 1.86. The maximum atomic E-state index is 10.5. The molecule has 0 radical (unpaired) electrons. The first kappa shape index (κ1) is 9.95. The number of nitro groups is 1. The van der Waals surface area contributed by atoms with E-state index in [-0.39, 0.29) is 17.3 Å². The Morgan fingerprint density at radius 1 is 1.62 bits per heavy atom. The summed E-state index contributed by atoms with van der Waals surface area (Å²) in [5, 5.41) is 10.6. The van der Waals surface area contributed by atoms with E-state index >= 15 is 0 Å². The highest BCUT2D eigenvalue weighted by Crippen LogP contribution is 2.29. The SMILES string of the molecule is Cc1ccc([N+](=O)[O-])c(Cl)c1CN. The average molecular weight is 201 g/mol. The molecule has 13 heavy (non-hydrogen) atoms. The minimum atomic E-state index is -0.513. The molecule has 5 heteroatoms. The van der Waals surface area contributed by atoms with Crippen LogP contribution in [0.4, 0.5) is 5.69 Å². The molecule has 1 aromatic carbocycles. The summed E-state index contributed by atoms with van der Waals surface area (Å²) in [7, 11) is 0. The van der Waals surface area contributed by atoms with Crippen molar-refractivity contribution >= 4 is 17.3 Å². The Kier molecular flexibility index (Phi) is 2.85. The highest BCUT2D eigenvalue weighted by molar-refractivity contribution is 6.33. The summed E-state index contributed by atoms with van der Waals surface area (Å²) >= 11 is 5.79. The second kappa shape index (κ2) is 3.72. The Balaban J connectivity index is 3.35. The van der Waals surface area contributed by atoms with Crippen LogP contribution in [0.2, 0.25) is 5.02 Å². The molecule has 0 aliphatic heterocycles. The normalized spacial score (nSPS) is 10.1. The van der Waals surface area contributed by atoms with Crippen LogP contribution in [0.3, 0.4) is 0 Å². The molecule has 0 atom stereocenters. The highest BCUT2D eigenvalue weighted by atomic mass is 35.5. The van der Waals surface area contributed by atoms with Crippen LogP contribution in [0.1, 0.15) is 11.1 Å². The number of aryl methyl sites for hydroxylation is 1. The zero-order chi connectivity index (χ0) is 10.0. The van der Waals surface area contributed by atoms with Gasteiger partial charge in [0, 0.05) is 12.6 Å². The van der Waals surface area contributed by atoms with E-state index in [0.717, 1.165) is 5.56 Å². The lowest BCUT2D eigenvalue weighted by molar-refractivity contribution is -0.384. The molecule has 0 amide bonds. The zero-order valence-corrected chi connectivity index (χ0v) is 7.84. The van der Waals surface area contributed by atoms with Gasteiger partial charge in [-0.15, -0.1) is 0 Å². The van der Waals surface area contributed by atoms with Gasteiger partial charge in [-0.25, -0.2) is 0 Å². The fraction of sp³-hybridized carbons (Fsp3) is 0.250. The topological polar surface area (TPSA) is 69.2 Å². The van der Waals surface area contributed by atoms with Crippen LogP contribution in [-0.4, -0.2) is 4.92 Å². The van der Waals surface area contributed by atoms with E-state index in [9.17, 15) is 10.1 Å². The van der Waals surface area contributed by atoms with Crippen molar-refractivity contribution in [1.29, 1.82) is 0 Å². The van der Waals surface area contributed by atoms with Gasteiger partial charge in [-0.3, -0.25) is 10.1 Å². The van der Waals surface area contributed by atoms with Crippen molar-refractivity contribution in [2.45, 2.75) is 13.5 Å². The highest BCUT2D eigenvalue weighted by Gasteiger charge is 2.16. The van der Waals surface area contributed by atoms with Crippen molar-refractivity contribution < 1.29 is 4.92 Å². The molecule has 0 saturated carbocycles. The molecule has 0 fully saturated rings. The summed E-state index contributed by atoms with van der Waals surface area (Å²) in [6, 6.07) is 3.03. The summed E-state index contributed by atoms with van der Waals surface area (Å²) in [5.74, 6) is 0. The van der Waals surface area contributed by atoms with Crippen LogP contribution in [0, 0.1) is 17.0 Å². The second-order valence-corrected chi connectivity index (χ2v) is 3.03. The van der Waals surface area contributed by atoms with Crippen LogP contribution < -0.4 is 5.73 Å². The van der Waals surface area contributed by atoms with Crippen LogP contribution in [0.15, 0.2) is 12.1 Å². The van der Waals surface area contributed by atoms with E-state index in [0.29, 0.717) is 5.56 Å². The molecule has 2 N–H and O–H groups in total. The number of nitro benzene ring substituents is 1. The zero-order valence-electron chi connectivity index (χ0n) is 7.08. The summed E-state index contributed by atoms with van der Waals surface area (Å²) in [5.41, 5.74) is 6.83. The predicted molar refractivity (Wildman–Crippen MR) is 50.7 cm³/mol. The fourth-order valence-corrected chi connectivity index (χ4v) is 1.46. The maximum Gasteiger partial charge on any atom is 0.288 e. The summed E-state index contributed by atoms with van der Waals surface area (Å²) in [4.78, 5) is 9.97. The Labute approximate surface area is 80.5 Å². The standard InChI is InChI=1S/C8H9ClN2O2/c1-5-2-3-7(11(12)13)8(9)6(5)4-10/h2-3H,4,10H2,1H3. The van der Waals surface area contributed by atoms with Gasteiger partial charge in [-0.2, -0.15) is 0 Å². The fourth-order valence-electron chi connectivity index (χ4n) is 1.10. The summed E-state index contributed by atoms with van der Waals surface area (Å²) in [6.07, 6.45) is 0. The third kappa shape index (κ3) is 1.79. The van der Waals surface area contributed by atoms with Crippen molar-refractivity contribution in [3.63, 3.8) is 0 Å². The molecule has 0 aliphatic rings. The van der Waals surface area contributed by atoms with E-state index in [4.69, 9.17) is 17.3 Å². The van der Waals surface area contributed by atoms with E-state index in [1.165, 1.54) is 6.07 Å². The van der Waals surface area contributed by atoms with Crippen molar-refractivity contribution in [1.82, 2.24) is 0 Å². The summed E-state index contributed by atoms with van der Waals surface area (Å²) < 4.78 is 0. The van der Waals surface area contributed by atoms with Gasteiger partial charge >= 0.3 is 0 Å². The first-order valence-electron chi connectivity index (χ1n) is 3.70. The number of rotatable bonds is 2. The number of hydrogen-bond donors (Lipinski definition) is 1. The number of nitrogens with two attached hydrogens (primary N) is 1. The second-order valence-electron chi connectivity index (χ2n) is 2.66. The molecule has 0 unspecified atom stereocenters. The smallest absolute Gasteiger partial charge is 0.288 e. The monoisotopic (exact) mass is 200 g/mol. The van der Waals surface area contributed by atoms with Gasteiger partial charge in [0.25, 0.3) is 5.69 Å². The molecular formula is C8H9ClN2O2. The Morgan fingerprint density at radius 2 is 2.23 bits per heavy atom. The molecule has 0 bridgehead atoms. The van der Waals surface area contributed by atoms with Crippen LogP contribution in [0.5, 0.6) is 0 Å². The average Bonchev–Trinajstić information content (AvgIpc) is 2.04. The lowest BCUT2D eigenvalue weighted by Gasteiger charge is -2.05. The largest absolute Gasteiger partial charge is 0.326 e. The van der Waals surface area contributed by atoms with Gasteiger partial charge < -0.3 is 5.73 Å². The van der Waals surface area contributed by atoms with Crippen molar-refractivity contribution in [2.24, 2.45) is 5.73 Å². The van der Waals surface area contributed by atoms with Crippen molar-refractivity contribution in [2.75, 3.05) is 0 Å². The van der Waals surface area contributed by atoms with Gasteiger partial charge in [0.15, 0.2) is 0 Å². The van der Waals surface area contributed by atoms with Gasteiger partial charge in [0.05, 0.1) is 4.92 Å². The molecule has 1 rings (SSSR count). The van der Waals surface area contributed by atoms with Crippen LogP contribution >= 0.6 is 11.6 Å². The van der Waals surface area contributed by atoms with Gasteiger partial charge in [0.2, 0.25) is 0 Å². The number of hydrogen-bond acceptors (Lipinski definition) is 3. The summed E-state index contributed by atoms with van der Waals surface area (Å²) in [6.45, 7) is 2.03. The molecule has 4 nitrogen and oxygen atoms in total. The maximum absolute atomic E-state index is 10.5. The molecule has 0 aromatic heterocycles. The van der Waals surface area contributed by atoms with Crippen molar-refractivity contribution in [3.05, 3.63) is 38.4 Å². The first-order chi connectivity index (χ1) is 6.07. The van der Waals surface area contributed by atoms with E-state index in [1.54, 1.807) is 6.07 Å². The van der Waals surface area contributed by atoms with E-state index in [2.05, 4.69) is 0 Å². The molecule has 0 saturated heterocycles. The van der Waals surface area contributed by atoms with Crippen LogP contribution in [-0.2, 0) is 6.54 Å². The quantitative estimate of drug-likeness (QED) is 0.587. The number of nitrogens with zero attached hydrogens (tertiary/aromatic N) is 1. The van der Waals surface area contributed by atoms with Gasteiger partial charge in [0.1, 0.15) is 5.02 Å². The van der Waals surface area contributed by atoms with E-state index in [1.807, 2.05) is 6.92 Å². The molecular weight excluding hydrogens is 192 g/mol. The number of benzene rings is 1. The molecule has 1 aromatic rings. The Bertz CT molecular complexity index is 352. The molecule has 0 spiro atoms. The van der Waals surface area contributed by atoms with Gasteiger partial charge in [-0.05, 0) is 18.1 Å². The lowest BCUT2D eigenvalue weighted by atomic mass is 10.1. The Morgan fingerprint density at radius 3 is 2.69 bits per heavy atom. The first-order valence-corrected chi connectivity index (χ1v) is 4.08. The molecule has 70 valence electrons. The van der Waals surface area contributed by atoms with Crippen LogP contribution in [0.25, 0.3) is 0 Å². The minimum absolute atomic E-state index is 0.0901. The lowest BCUT2D eigenvalue weighted by Crippen LogP contribution is -2.02. The molecule has 0 heterocycles. The van der Waals surface area contributed by atoms with Gasteiger partial charge in [-0.1, -0.05) is 17.7 Å². The minimum Gasteiger partial charge on any atom is -0.326 e. The third-order valence-corrected chi connectivity index (χ3v) is 2.28. The molecule has 0 aliphatic carbocycles.